The van der Waals surface area contributed by atoms with Crippen molar-refractivity contribution in [2.24, 2.45) is 5.41 Å². The average molecular weight is 499 g/mol. The van der Waals surface area contributed by atoms with Gasteiger partial charge < -0.3 is 19.8 Å². The number of aliphatic carboxylic acids is 1. The molecule has 3 aromatic rings. The number of carboxylic acid groups (broad SMARTS) is 1. The molecule has 0 radical (unpaired) electrons. The van der Waals surface area contributed by atoms with Crippen LogP contribution in [0.25, 0.3) is 16.8 Å². The van der Waals surface area contributed by atoms with Crippen LogP contribution in [0.1, 0.15) is 65.3 Å². The van der Waals surface area contributed by atoms with Gasteiger partial charge in [-0.3, -0.25) is 9.59 Å². The van der Waals surface area contributed by atoms with Crippen LogP contribution in [0, 0.1) is 12.3 Å². The van der Waals surface area contributed by atoms with Crippen molar-refractivity contribution in [3.8, 4) is 11.3 Å². The molecule has 3 aliphatic rings. The number of nitrogens with one attached hydrogen (secondary N) is 1. The van der Waals surface area contributed by atoms with Crippen LogP contribution in [-0.2, 0) is 4.79 Å². The zero-order valence-corrected chi connectivity index (χ0v) is 20.9. The van der Waals surface area contributed by atoms with E-state index in [0.29, 0.717) is 11.5 Å². The number of nitrogens with zero attached hydrogens (tertiary/aromatic N) is 3. The smallest absolute Gasteiger partial charge is 0.322 e. The summed E-state index contributed by atoms with van der Waals surface area (Å²) in [5, 5.41) is 15.6. The highest BCUT2D eigenvalue weighted by molar-refractivity contribution is 5.95. The highest BCUT2D eigenvalue weighted by Crippen LogP contribution is 2.55. The second-order valence-electron chi connectivity index (χ2n) is 10.5. The molecule has 1 aromatic carbocycles. The van der Waals surface area contributed by atoms with Gasteiger partial charge in [0.2, 0.25) is 0 Å². The predicted molar refractivity (Wildman–Crippen MR) is 139 cm³/mol. The number of carbonyl (C=O) groups excluding carboxylic acids is 1. The van der Waals surface area contributed by atoms with Gasteiger partial charge in [-0.2, -0.15) is 0 Å². The number of aromatic nitrogens is 2. The van der Waals surface area contributed by atoms with E-state index in [1.807, 2.05) is 6.07 Å². The maximum atomic E-state index is 12.1. The number of pyridine rings is 1. The maximum absolute atomic E-state index is 12.1. The Balaban J connectivity index is 1.15. The molecule has 2 aromatic heterocycles. The molecule has 2 N–H and O–H groups in total. The Kier molecular flexibility index (Phi) is 5.82. The summed E-state index contributed by atoms with van der Waals surface area (Å²) in [4.78, 5) is 29.4. The van der Waals surface area contributed by atoms with Crippen LogP contribution in [0.2, 0.25) is 0 Å². The van der Waals surface area contributed by atoms with Crippen LogP contribution >= 0.6 is 0 Å². The lowest BCUT2D eigenvalue weighted by atomic mass is 9.63. The normalized spacial score (nSPS) is 18.3. The Morgan fingerprint density at radius 2 is 1.92 bits per heavy atom. The van der Waals surface area contributed by atoms with Crippen LogP contribution in [0.4, 0.5) is 5.82 Å². The minimum atomic E-state index is -1.08. The van der Waals surface area contributed by atoms with Crippen LogP contribution < -0.4 is 10.2 Å². The topological polar surface area (TPSA) is 109 Å². The molecule has 2 aliphatic carbocycles. The average Bonchev–Trinajstić information content (AvgIpc) is 3.65. The van der Waals surface area contributed by atoms with E-state index in [9.17, 15) is 9.59 Å². The van der Waals surface area contributed by atoms with Crippen molar-refractivity contribution in [3.05, 3.63) is 71.1 Å². The Morgan fingerprint density at radius 3 is 2.57 bits per heavy atom. The van der Waals surface area contributed by atoms with Crippen molar-refractivity contribution in [2.45, 2.75) is 44.9 Å². The summed E-state index contributed by atoms with van der Waals surface area (Å²) >= 11 is 0. The summed E-state index contributed by atoms with van der Waals surface area (Å²) in [6.07, 6.45) is 9.46. The molecule has 2 fully saturated rings. The van der Waals surface area contributed by atoms with Gasteiger partial charge in [0, 0.05) is 36.3 Å². The first-order valence-corrected chi connectivity index (χ1v) is 12.9. The van der Waals surface area contributed by atoms with Crippen LogP contribution in [0.5, 0.6) is 0 Å². The molecular weight excluding hydrogens is 468 g/mol. The molecule has 1 saturated carbocycles. The molecule has 37 heavy (non-hydrogen) atoms. The number of anilines is 1. The zero-order valence-electron chi connectivity index (χ0n) is 20.9. The fraction of sp³-hybridized carbons (Fsp3) is 0.379. The van der Waals surface area contributed by atoms with E-state index in [2.05, 4.69) is 57.6 Å². The molecular formula is C29H30N4O4. The summed E-state index contributed by atoms with van der Waals surface area (Å²) in [5.74, 6) is 0.890. The van der Waals surface area contributed by atoms with Gasteiger partial charge in [-0.1, -0.05) is 35.5 Å². The molecule has 0 bridgehead atoms. The minimum absolute atomic E-state index is 0.198. The first-order chi connectivity index (χ1) is 17.9. The molecule has 190 valence electrons. The number of aryl methyl sites for hydroxylation is 1. The third-order valence-electron chi connectivity index (χ3n) is 7.90. The van der Waals surface area contributed by atoms with E-state index in [4.69, 9.17) is 9.63 Å². The van der Waals surface area contributed by atoms with E-state index in [1.165, 1.54) is 35.7 Å². The predicted octanol–water partition coefficient (Wildman–Crippen LogP) is 4.81. The van der Waals surface area contributed by atoms with Gasteiger partial charge in [0.15, 0.2) is 0 Å². The molecule has 0 unspecified atom stereocenters. The summed E-state index contributed by atoms with van der Waals surface area (Å²) in [5.41, 5.74) is 6.48. The van der Waals surface area contributed by atoms with Crippen molar-refractivity contribution in [2.75, 3.05) is 24.5 Å². The van der Waals surface area contributed by atoms with Crippen molar-refractivity contribution in [3.63, 3.8) is 0 Å². The number of hydrogen-bond acceptors (Lipinski definition) is 6. The second-order valence-corrected chi connectivity index (χ2v) is 10.5. The number of carboxylic acids is 1. The number of allylic oxidation sites excluding steroid dienone is 2. The number of rotatable bonds is 7. The maximum Gasteiger partial charge on any atom is 0.322 e. The van der Waals surface area contributed by atoms with E-state index in [0.717, 1.165) is 55.2 Å². The Hall–Kier alpha value is -3.94. The van der Waals surface area contributed by atoms with Gasteiger partial charge in [0.1, 0.15) is 23.8 Å². The fourth-order valence-electron chi connectivity index (χ4n) is 5.61. The van der Waals surface area contributed by atoms with E-state index < -0.39 is 18.4 Å². The molecule has 1 spiro atoms. The SMILES string of the molecule is Cc1ccccc1-c1noc(C2CC2)c1C1=CC2(CCN(c3ccc(C(=O)NCC(=O)O)cn3)CC2)C1. The molecule has 8 heteroatoms. The number of carbonyl (C=O) groups is 2. The number of hydrogen-bond donors (Lipinski definition) is 2. The number of piperidine rings is 1. The van der Waals surface area contributed by atoms with Crippen molar-refractivity contribution < 1.29 is 19.2 Å². The quantitative estimate of drug-likeness (QED) is 0.481. The minimum Gasteiger partial charge on any atom is -0.480 e. The van der Waals surface area contributed by atoms with E-state index in [-0.39, 0.29) is 5.41 Å². The molecule has 6 rings (SSSR count). The highest BCUT2D eigenvalue weighted by atomic mass is 16.5. The number of benzene rings is 1. The first-order valence-electron chi connectivity index (χ1n) is 12.9. The van der Waals surface area contributed by atoms with Crippen LogP contribution in [-0.4, -0.2) is 46.8 Å². The molecule has 1 aliphatic heterocycles. The van der Waals surface area contributed by atoms with Crippen LogP contribution in [0.15, 0.2) is 53.2 Å². The van der Waals surface area contributed by atoms with E-state index in [1.54, 1.807) is 6.07 Å². The van der Waals surface area contributed by atoms with Crippen molar-refractivity contribution >= 4 is 23.3 Å². The summed E-state index contributed by atoms with van der Waals surface area (Å²) in [7, 11) is 0. The van der Waals surface area contributed by atoms with Gasteiger partial charge in [-0.15, -0.1) is 0 Å². The third kappa shape index (κ3) is 4.52. The van der Waals surface area contributed by atoms with Gasteiger partial charge >= 0.3 is 5.97 Å². The number of amides is 1. The summed E-state index contributed by atoms with van der Waals surface area (Å²) < 4.78 is 5.93. The summed E-state index contributed by atoms with van der Waals surface area (Å²) in [6.45, 7) is 3.50. The lowest BCUT2D eigenvalue weighted by molar-refractivity contribution is -0.135. The molecule has 0 atom stereocenters. The zero-order chi connectivity index (χ0) is 25.6. The lowest BCUT2D eigenvalue weighted by Crippen LogP contribution is -2.42. The van der Waals surface area contributed by atoms with Crippen molar-refractivity contribution in [1.82, 2.24) is 15.5 Å². The lowest BCUT2D eigenvalue weighted by Gasteiger charge is -2.46. The molecule has 3 heterocycles. The highest BCUT2D eigenvalue weighted by Gasteiger charge is 2.44. The standard InChI is InChI=1S/C29H30N4O4/c1-18-4-2-3-5-22(18)26-25(27(37-32-26)19-6-7-19)21-14-29(15-21)10-12-33(13-11-29)23-9-8-20(16-30-23)28(36)31-17-24(34)35/h2-5,8-9,14,16,19H,6-7,10-13,15,17H2,1H3,(H,31,36)(H,34,35). The first kappa shape index (κ1) is 23.5. The monoisotopic (exact) mass is 498 g/mol. The van der Waals surface area contributed by atoms with Crippen LogP contribution in [0.3, 0.4) is 0 Å². The molecule has 1 amide bonds. The van der Waals surface area contributed by atoms with E-state index >= 15 is 0 Å². The molecule has 8 nitrogen and oxygen atoms in total. The Morgan fingerprint density at radius 1 is 1.16 bits per heavy atom. The Labute approximate surface area is 215 Å². The second kappa shape index (κ2) is 9.18. The Bertz CT molecular complexity index is 1380. The third-order valence-corrected chi connectivity index (χ3v) is 7.90. The largest absolute Gasteiger partial charge is 0.480 e. The van der Waals surface area contributed by atoms with Gasteiger partial charge in [-0.25, -0.2) is 4.98 Å². The van der Waals surface area contributed by atoms with Gasteiger partial charge in [0.05, 0.1) is 5.56 Å². The van der Waals surface area contributed by atoms with Gasteiger partial charge in [0.25, 0.3) is 5.91 Å². The van der Waals surface area contributed by atoms with Crippen molar-refractivity contribution in [1.29, 1.82) is 0 Å². The summed E-state index contributed by atoms with van der Waals surface area (Å²) in [6, 6.07) is 11.9. The molecule has 1 saturated heterocycles. The van der Waals surface area contributed by atoms with Gasteiger partial charge in [-0.05, 0) is 67.7 Å². The fourth-order valence-corrected chi connectivity index (χ4v) is 5.61.